The summed E-state index contributed by atoms with van der Waals surface area (Å²) in [5, 5.41) is 19.0. The molecule has 1 aromatic carbocycles. The molecule has 9 nitrogen and oxygen atoms in total. The quantitative estimate of drug-likeness (QED) is 0.732. The summed E-state index contributed by atoms with van der Waals surface area (Å²) in [6, 6.07) is 6.17. The van der Waals surface area contributed by atoms with Gasteiger partial charge in [0.25, 0.3) is 0 Å². The summed E-state index contributed by atoms with van der Waals surface area (Å²) in [4.78, 5) is 16.0. The van der Waals surface area contributed by atoms with Crippen molar-refractivity contribution in [1.29, 1.82) is 0 Å². The van der Waals surface area contributed by atoms with Gasteiger partial charge >= 0.3 is 0 Å². The first-order valence-electron chi connectivity index (χ1n) is 8.22. The van der Waals surface area contributed by atoms with Crippen LogP contribution in [-0.4, -0.2) is 40.9 Å². The minimum Gasteiger partial charge on any atom is -0.326 e. The predicted molar refractivity (Wildman–Crippen MR) is 89.5 cm³/mol. The molecule has 4 rings (SSSR count). The molecule has 0 spiro atoms. The van der Waals surface area contributed by atoms with Crippen LogP contribution in [0.1, 0.15) is 30.9 Å². The zero-order valence-corrected chi connectivity index (χ0v) is 13.8. The number of amides is 1. The number of hydrogen-bond donors (Lipinski definition) is 1. The highest BCUT2D eigenvalue weighted by Gasteiger charge is 2.28. The van der Waals surface area contributed by atoms with Crippen LogP contribution in [0.15, 0.2) is 30.9 Å². The summed E-state index contributed by atoms with van der Waals surface area (Å²) in [5.41, 5.74) is 2.73. The second-order valence-electron chi connectivity index (χ2n) is 6.16. The van der Waals surface area contributed by atoms with Crippen molar-refractivity contribution in [1.82, 2.24) is 35.0 Å². The van der Waals surface area contributed by atoms with Crippen molar-refractivity contribution in [3.63, 3.8) is 0 Å². The molecule has 25 heavy (non-hydrogen) atoms. The number of hydrogen-bond acceptors (Lipinski definition) is 6. The highest BCUT2D eigenvalue weighted by atomic mass is 16.1. The number of anilines is 1. The van der Waals surface area contributed by atoms with E-state index in [9.17, 15) is 4.79 Å². The molecule has 1 amide bonds. The number of carbonyl (C=O) groups is 1. The van der Waals surface area contributed by atoms with Crippen molar-refractivity contribution < 1.29 is 4.79 Å². The van der Waals surface area contributed by atoms with Crippen LogP contribution in [0.4, 0.5) is 5.69 Å². The number of benzene rings is 1. The predicted octanol–water partition coefficient (Wildman–Crippen LogP) is 1.60. The van der Waals surface area contributed by atoms with Gasteiger partial charge in [0.1, 0.15) is 12.7 Å². The molecule has 0 saturated heterocycles. The maximum atomic E-state index is 12.2. The lowest BCUT2D eigenvalue weighted by Crippen LogP contribution is -2.15. The van der Waals surface area contributed by atoms with Crippen LogP contribution in [0.5, 0.6) is 0 Å². The van der Waals surface area contributed by atoms with Crippen molar-refractivity contribution >= 4 is 11.6 Å². The van der Waals surface area contributed by atoms with E-state index in [1.54, 1.807) is 11.0 Å². The fourth-order valence-corrected chi connectivity index (χ4v) is 2.66. The van der Waals surface area contributed by atoms with Crippen molar-refractivity contribution in [3.8, 4) is 11.4 Å². The maximum absolute atomic E-state index is 12.2. The van der Waals surface area contributed by atoms with E-state index < -0.39 is 0 Å². The van der Waals surface area contributed by atoms with Crippen LogP contribution >= 0.6 is 0 Å². The fourth-order valence-electron chi connectivity index (χ4n) is 2.66. The van der Waals surface area contributed by atoms with Crippen LogP contribution in [0, 0.1) is 6.92 Å². The first kappa shape index (κ1) is 15.4. The number of aromatic nitrogens is 7. The van der Waals surface area contributed by atoms with Crippen LogP contribution in [0.2, 0.25) is 0 Å². The van der Waals surface area contributed by atoms with Crippen molar-refractivity contribution in [2.45, 2.75) is 38.8 Å². The monoisotopic (exact) mass is 338 g/mol. The summed E-state index contributed by atoms with van der Waals surface area (Å²) < 4.78 is 3.50. The van der Waals surface area contributed by atoms with Gasteiger partial charge in [0.15, 0.2) is 5.82 Å². The third-order valence-corrected chi connectivity index (χ3v) is 4.18. The topological polar surface area (TPSA) is 103 Å². The zero-order chi connectivity index (χ0) is 17.2. The van der Waals surface area contributed by atoms with Crippen LogP contribution in [0.3, 0.4) is 0 Å². The zero-order valence-electron chi connectivity index (χ0n) is 13.8. The Morgan fingerprint density at radius 2 is 2.24 bits per heavy atom. The van der Waals surface area contributed by atoms with E-state index in [1.807, 2.05) is 29.8 Å². The maximum Gasteiger partial charge on any atom is 0.226 e. The lowest BCUT2D eigenvalue weighted by molar-refractivity contribution is -0.116. The van der Waals surface area contributed by atoms with Gasteiger partial charge in [-0.1, -0.05) is 6.07 Å². The molecule has 2 heterocycles. The number of carbonyl (C=O) groups excluding carboxylic acids is 1. The van der Waals surface area contributed by atoms with Gasteiger partial charge < -0.3 is 5.32 Å². The second kappa shape index (κ2) is 6.42. The lowest BCUT2D eigenvalue weighted by Gasteiger charge is -2.10. The van der Waals surface area contributed by atoms with Gasteiger partial charge in [-0.25, -0.2) is 9.67 Å². The Balaban J connectivity index is 1.49. The number of rotatable bonds is 6. The largest absolute Gasteiger partial charge is 0.326 e. The number of nitrogens with one attached hydrogen (secondary N) is 1. The molecule has 0 radical (unpaired) electrons. The van der Waals surface area contributed by atoms with Crippen molar-refractivity contribution in [2.24, 2.45) is 0 Å². The van der Waals surface area contributed by atoms with Gasteiger partial charge in [-0.15, -0.1) is 5.10 Å². The van der Waals surface area contributed by atoms with Gasteiger partial charge in [0, 0.05) is 17.7 Å². The number of nitrogens with zero attached hydrogens (tertiary/aromatic N) is 7. The fraction of sp³-hybridized carbons (Fsp3) is 0.375. The minimum absolute atomic E-state index is 0.0768. The Labute approximate surface area is 144 Å². The van der Waals surface area contributed by atoms with Crippen molar-refractivity contribution in [3.05, 3.63) is 36.4 Å². The standard InChI is InChI=1S/C16H18N8O/c1-11-2-3-12(19-15(25)6-7-23-10-17-9-18-23)8-14(11)16-20-21-22-24(16)13-4-5-13/h2-3,8-10,13H,4-7H2,1H3,(H,19,25). The van der Waals surface area contributed by atoms with Crippen LogP contribution in [-0.2, 0) is 11.3 Å². The summed E-state index contributed by atoms with van der Waals surface area (Å²) in [7, 11) is 0. The Bertz CT molecular complexity index is 881. The van der Waals surface area contributed by atoms with Gasteiger partial charge in [0.2, 0.25) is 5.91 Å². The molecule has 0 unspecified atom stereocenters. The molecule has 3 aromatic rings. The summed E-state index contributed by atoms with van der Waals surface area (Å²) >= 11 is 0. The first-order valence-corrected chi connectivity index (χ1v) is 8.22. The molecule has 1 aliphatic rings. The van der Waals surface area contributed by atoms with Crippen molar-refractivity contribution in [2.75, 3.05) is 5.32 Å². The third-order valence-electron chi connectivity index (χ3n) is 4.18. The molecule has 1 N–H and O–H groups in total. The van der Waals surface area contributed by atoms with E-state index in [4.69, 9.17) is 0 Å². The highest BCUT2D eigenvalue weighted by molar-refractivity contribution is 5.91. The second-order valence-corrected chi connectivity index (χ2v) is 6.16. The molecule has 0 atom stereocenters. The average molecular weight is 338 g/mol. The van der Waals surface area contributed by atoms with E-state index in [1.165, 1.54) is 6.33 Å². The van der Waals surface area contributed by atoms with E-state index in [2.05, 4.69) is 30.9 Å². The molecule has 1 saturated carbocycles. The van der Waals surface area contributed by atoms with Gasteiger partial charge in [-0.05, 0) is 47.9 Å². The summed E-state index contributed by atoms with van der Waals surface area (Å²) in [6.07, 6.45) is 5.58. The minimum atomic E-state index is -0.0768. The lowest BCUT2D eigenvalue weighted by atomic mass is 10.1. The van der Waals surface area contributed by atoms with Crippen LogP contribution in [0.25, 0.3) is 11.4 Å². The third kappa shape index (κ3) is 3.39. The molecule has 9 heteroatoms. The van der Waals surface area contributed by atoms with Gasteiger partial charge in [-0.3, -0.25) is 9.48 Å². The Kier molecular flexibility index (Phi) is 3.96. The van der Waals surface area contributed by atoms with E-state index in [-0.39, 0.29) is 5.91 Å². The SMILES string of the molecule is Cc1ccc(NC(=O)CCn2cncn2)cc1-c1nnnn1C1CC1. The summed E-state index contributed by atoms with van der Waals surface area (Å²) in [6.45, 7) is 2.50. The van der Waals surface area contributed by atoms with Gasteiger partial charge in [0.05, 0.1) is 12.6 Å². The summed E-state index contributed by atoms with van der Waals surface area (Å²) in [5.74, 6) is 0.672. The molecule has 0 aliphatic heterocycles. The van der Waals surface area contributed by atoms with Crippen LogP contribution < -0.4 is 5.32 Å². The van der Waals surface area contributed by atoms with E-state index in [0.29, 0.717) is 19.0 Å². The van der Waals surface area contributed by atoms with E-state index >= 15 is 0 Å². The average Bonchev–Trinajstić information content (AvgIpc) is 3.11. The molecular weight excluding hydrogens is 320 g/mol. The smallest absolute Gasteiger partial charge is 0.226 e. The Morgan fingerprint density at radius 1 is 1.36 bits per heavy atom. The number of tetrazole rings is 1. The molecular formula is C16H18N8O. The van der Waals surface area contributed by atoms with Gasteiger partial charge in [-0.2, -0.15) is 5.10 Å². The number of aryl methyl sites for hydroxylation is 2. The Hall–Kier alpha value is -3.10. The molecule has 0 bridgehead atoms. The van der Waals surface area contributed by atoms with E-state index in [0.717, 1.165) is 35.5 Å². The molecule has 1 fully saturated rings. The molecule has 2 aromatic heterocycles. The normalized spacial score (nSPS) is 13.8. The molecule has 1 aliphatic carbocycles. The first-order chi connectivity index (χ1) is 12.2. The highest BCUT2D eigenvalue weighted by Crippen LogP contribution is 2.37. The molecule has 128 valence electrons. The Morgan fingerprint density at radius 3 is 3.00 bits per heavy atom.